The average molecular weight is 359 g/mol. The highest BCUT2D eigenvalue weighted by atomic mass is 16.2. The van der Waals surface area contributed by atoms with E-state index in [1.54, 1.807) is 6.07 Å². The highest BCUT2D eigenvalue weighted by molar-refractivity contribution is 5.94. The average Bonchev–Trinajstić information content (AvgIpc) is 2.63. The Balaban J connectivity index is 1.70. The van der Waals surface area contributed by atoms with Gasteiger partial charge in [0.05, 0.1) is 5.56 Å². The number of nitrogens with one attached hydrogen (secondary N) is 1. The maximum absolute atomic E-state index is 12.8. The van der Waals surface area contributed by atoms with Crippen molar-refractivity contribution in [1.82, 2.24) is 14.8 Å². The van der Waals surface area contributed by atoms with Gasteiger partial charge in [0.1, 0.15) is 0 Å². The summed E-state index contributed by atoms with van der Waals surface area (Å²) < 4.78 is 0. The Morgan fingerprint density at radius 2 is 2.04 bits per heavy atom. The Morgan fingerprint density at radius 1 is 1.23 bits per heavy atom. The van der Waals surface area contributed by atoms with E-state index in [4.69, 9.17) is 0 Å². The fraction of sp³-hybridized carbons (Fsp3) is 0.650. The molecule has 3 heterocycles. The quantitative estimate of drug-likeness (QED) is 0.896. The van der Waals surface area contributed by atoms with Crippen molar-refractivity contribution in [3.8, 4) is 0 Å². The summed E-state index contributed by atoms with van der Waals surface area (Å²) in [7, 11) is 0. The SMILES string of the molecule is CC(C)CCN1CC2(CCCN(C(=O)c3ccc(=O)[nH]c3)C2)CCC1=O. The zero-order chi connectivity index (χ0) is 18.7. The largest absolute Gasteiger partial charge is 0.342 e. The van der Waals surface area contributed by atoms with Crippen LogP contribution < -0.4 is 5.56 Å². The van der Waals surface area contributed by atoms with Crippen molar-refractivity contribution in [1.29, 1.82) is 0 Å². The van der Waals surface area contributed by atoms with Crippen LogP contribution in [0.5, 0.6) is 0 Å². The molecule has 0 aromatic carbocycles. The Labute approximate surface area is 154 Å². The van der Waals surface area contributed by atoms with Crippen LogP contribution in [-0.4, -0.2) is 52.8 Å². The topological polar surface area (TPSA) is 73.5 Å². The number of aromatic nitrogens is 1. The molecule has 1 aromatic heterocycles. The molecule has 1 atom stereocenters. The lowest BCUT2D eigenvalue weighted by Crippen LogP contribution is -2.55. The molecule has 2 amide bonds. The molecule has 2 aliphatic rings. The van der Waals surface area contributed by atoms with Crippen LogP contribution in [0.25, 0.3) is 0 Å². The fourth-order valence-electron chi connectivity index (χ4n) is 4.16. The van der Waals surface area contributed by atoms with E-state index >= 15 is 0 Å². The van der Waals surface area contributed by atoms with Crippen LogP contribution in [0.2, 0.25) is 0 Å². The van der Waals surface area contributed by atoms with E-state index in [0.29, 0.717) is 24.4 Å². The van der Waals surface area contributed by atoms with Crippen LogP contribution in [0.1, 0.15) is 56.3 Å². The normalized spacial score (nSPS) is 23.7. The number of pyridine rings is 1. The second kappa shape index (κ2) is 7.64. The van der Waals surface area contributed by atoms with Gasteiger partial charge in [-0.2, -0.15) is 0 Å². The predicted molar refractivity (Wildman–Crippen MR) is 99.9 cm³/mol. The fourth-order valence-corrected chi connectivity index (χ4v) is 4.16. The number of likely N-dealkylation sites (tertiary alicyclic amines) is 2. The van der Waals surface area contributed by atoms with Gasteiger partial charge in [0, 0.05) is 50.3 Å². The number of piperidine rings is 2. The van der Waals surface area contributed by atoms with Crippen molar-refractivity contribution >= 4 is 11.8 Å². The minimum absolute atomic E-state index is 0.0149. The first kappa shape index (κ1) is 18.7. The molecule has 0 radical (unpaired) electrons. The van der Waals surface area contributed by atoms with Gasteiger partial charge in [-0.3, -0.25) is 14.4 Å². The van der Waals surface area contributed by atoms with Crippen LogP contribution in [0.3, 0.4) is 0 Å². The van der Waals surface area contributed by atoms with Gasteiger partial charge < -0.3 is 14.8 Å². The molecule has 1 N–H and O–H groups in total. The van der Waals surface area contributed by atoms with Crippen LogP contribution in [0.4, 0.5) is 0 Å². The number of hydrogen-bond donors (Lipinski definition) is 1. The molecule has 2 saturated heterocycles. The lowest BCUT2D eigenvalue weighted by atomic mass is 9.73. The van der Waals surface area contributed by atoms with Crippen molar-refractivity contribution in [3.63, 3.8) is 0 Å². The first-order valence-electron chi connectivity index (χ1n) is 9.64. The van der Waals surface area contributed by atoms with Gasteiger partial charge in [0.15, 0.2) is 0 Å². The predicted octanol–water partition coefficient (Wildman–Crippen LogP) is 2.27. The molecule has 0 aliphatic carbocycles. The van der Waals surface area contributed by atoms with Gasteiger partial charge in [-0.05, 0) is 37.7 Å². The van der Waals surface area contributed by atoms with E-state index < -0.39 is 0 Å². The van der Waals surface area contributed by atoms with E-state index in [2.05, 4.69) is 18.8 Å². The number of carbonyl (C=O) groups excluding carboxylic acids is 2. The number of rotatable bonds is 4. The zero-order valence-electron chi connectivity index (χ0n) is 15.8. The van der Waals surface area contributed by atoms with Gasteiger partial charge >= 0.3 is 0 Å². The van der Waals surface area contributed by atoms with E-state index in [-0.39, 0.29) is 22.8 Å². The minimum atomic E-state index is -0.205. The van der Waals surface area contributed by atoms with E-state index in [9.17, 15) is 14.4 Å². The van der Waals surface area contributed by atoms with E-state index in [1.807, 2.05) is 9.80 Å². The van der Waals surface area contributed by atoms with Crippen molar-refractivity contribution in [2.24, 2.45) is 11.3 Å². The Morgan fingerprint density at radius 3 is 2.73 bits per heavy atom. The van der Waals surface area contributed by atoms with Gasteiger partial charge in [0.25, 0.3) is 5.91 Å². The van der Waals surface area contributed by atoms with Crippen molar-refractivity contribution in [3.05, 3.63) is 34.2 Å². The molecule has 26 heavy (non-hydrogen) atoms. The Bertz CT molecular complexity index is 707. The van der Waals surface area contributed by atoms with Crippen molar-refractivity contribution in [2.45, 2.75) is 46.0 Å². The molecule has 0 saturated carbocycles. The Hall–Kier alpha value is -2.11. The summed E-state index contributed by atoms with van der Waals surface area (Å²) in [5.74, 6) is 0.789. The lowest BCUT2D eigenvalue weighted by Gasteiger charge is -2.48. The first-order valence-corrected chi connectivity index (χ1v) is 9.64. The molecule has 1 unspecified atom stereocenters. The number of amides is 2. The van der Waals surface area contributed by atoms with Crippen LogP contribution in [0, 0.1) is 11.3 Å². The highest BCUT2D eigenvalue weighted by Crippen LogP contribution is 2.39. The molecule has 2 aliphatic heterocycles. The second-order valence-electron chi connectivity index (χ2n) is 8.27. The molecule has 3 rings (SSSR count). The molecular weight excluding hydrogens is 330 g/mol. The lowest BCUT2D eigenvalue weighted by molar-refractivity contribution is -0.139. The number of hydrogen-bond acceptors (Lipinski definition) is 3. The number of H-pyrrole nitrogens is 1. The van der Waals surface area contributed by atoms with E-state index in [1.165, 1.54) is 12.3 Å². The van der Waals surface area contributed by atoms with Crippen molar-refractivity contribution < 1.29 is 9.59 Å². The van der Waals surface area contributed by atoms with Crippen LogP contribution in [0.15, 0.2) is 23.1 Å². The maximum Gasteiger partial charge on any atom is 0.255 e. The summed E-state index contributed by atoms with van der Waals surface area (Å²) in [6, 6.07) is 2.97. The van der Waals surface area contributed by atoms with Gasteiger partial charge in [-0.15, -0.1) is 0 Å². The monoisotopic (exact) mass is 359 g/mol. The first-order chi connectivity index (χ1) is 12.4. The van der Waals surface area contributed by atoms with Gasteiger partial charge in [-0.1, -0.05) is 13.8 Å². The minimum Gasteiger partial charge on any atom is -0.342 e. The summed E-state index contributed by atoms with van der Waals surface area (Å²) in [6.45, 7) is 7.35. The Kier molecular flexibility index (Phi) is 5.49. The maximum atomic E-state index is 12.8. The molecular formula is C20H29N3O3. The van der Waals surface area contributed by atoms with Crippen molar-refractivity contribution in [2.75, 3.05) is 26.2 Å². The molecule has 6 heteroatoms. The summed E-state index contributed by atoms with van der Waals surface area (Å²) >= 11 is 0. The molecule has 2 fully saturated rings. The van der Waals surface area contributed by atoms with Gasteiger partial charge in [0.2, 0.25) is 11.5 Å². The third kappa shape index (κ3) is 4.17. The third-order valence-electron chi connectivity index (χ3n) is 5.70. The highest BCUT2D eigenvalue weighted by Gasteiger charge is 2.42. The third-order valence-corrected chi connectivity index (χ3v) is 5.70. The molecule has 1 spiro atoms. The summed E-state index contributed by atoms with van der Waals surface area (Å²) in [5.41, 5.74) is 0.328. The van der Waals surface area contributed by atoms with Crippen LogP contribution in [-0.2, 0) is 4.79 Å². The van der Waals surface area contributed by atoms with E-state index in [0.717, 1.165) is 45.3 Å². The summed E-state index contributed by atoms with van der Waals surface area (Å²) in [6.07, 6.45) is 5.97. The summed E-state index contributed by atoms with van der Waals surface area (Å²) in [5, 5.41) is 0. The number of nitrogens with zero attached hydrogens (tertiary/aromatic N) is 2. The number of aromatic amines is 1. The number of carbonyl (C=O) groups is 2. The molecule has 142 valence electrons. The molecule has 1 aromatic rings. The summed E-state index contributed by atoms with van der Waals surface area (Å²) in [4.78, 5) is 42.8. The standard InChI is InChI=1S/C20H29N3O3/c1-15(2)7-11-22-13-20(9-6-18(22)25)8-3-10-23(14-20)19(26)16-4-5-17(24)21-12-16/h4-5,12,15H,3,6-11,13-14H2,1-2H3,(H,21,24). The zero-order valence-corrected chi connectivity index (χ0v) is 15.8. The molecule has 0 bridgehead atoms. The smallest absolute Gasteiger partial charge is 0.255 e. The van der Waals surface area contributed by atoms with Crippen LogP contribution >= 0.6 is 0 Å². The second-order valence-corrected chi connectivity index (χ2v) is 8.27. The molecule has 6 nitrogen and oxygen atoms in total. The van der Waals surface area contributed by atoms with Gasteiger partial charge in [-0.25, -0.2) is 0 Å².